The van der Waals surface area contributed by atoms with E-state index >= 15 is 0 Å². The zero-order chi connectivity index (χ0) is 15.3. The highest BCUT2D eigenvalue weighted by molar-refractivity contribution is 6.66. The minimum Gasteiger partial charge on any atom is -0.496 e. The summed E-state index contributed by atoms with van der Waals surface area (Å²) in [6.45, 7) is -0.117. The maximum absolute atomic E-state index is 12.5. The number of benzene rings is 1. The van der Waals surface area contributed by atoms with Crippen LogP contribution in [-0.4, -0.2) is 38.6 Å². The Balaban J connectivity index is 2.66. The van der Waals surface area contributed by atoms with Crippen LogP contribution in [0.5, 0.6) is 5.75 Å². The molecule has 0 spiro atoms. The second-order valence-corrected chi connectivity index (χ2v) is 5.01. The molecule has 112 valence electrons. The second kappa shape index (κ2) is 6.84. The molecule has 0 radical (unpaired) electrons. The molecular weight excluding hydrogens is 266 g/mol. The van der Waals surface area contributed by atoms with Crippen molar-refractivity contribution in [3.05, 3.63) is 41.9 Å². The van der Waals surface area contributed by atoms with Gasteiger partial charge in [-0.05, 0) is 38.6 Å². The molecule has 0 bridgehead atoms. The highest BCUT2D eigenvalue weighted by Crippen LogP contribution is 2.22. The van der Waals surface area contributed by atoms with Crippen molar-refractivity contribution >= 4 is 6.98 Å². The Kier molecular flexibility index (Phi) is 5.68. The van der Waals surface area contributed by atoms with Crippen molar-refractivity contribution in [3.63, 3.8) is 0 Å². The van der Waals surface area contributed by atoms with Crippen LogP contribution in [0, 0.1) is 0 Å². The molecule has 6 heteroatoms. The molecule has 0 saturated carbocycles. The minimum absolute atomic E-state index is 0.0406. The van der Waals surface area contributed by atoms with Crippen molar-refractivity contribution in [3.8, 4) is 5.75 Å². The molecule has 0 aromatic heterocycles. The lowest BCUT2D eigenvalue weighted by Gasteiger charge is -2.29. The van der Waals surface area contributed by atoms with Crippen LogP contribution in [0.25, 0.3) is 0 Å². The average Bonchev–Trinajstić information content (AvgIpc) is 2.38. The highest BCUT2D eigenvalue weighted by Gasteiger charge is 2.28. The van der Waals surface area contributed by atoms with Crippen molar-refractivity contribution in [1.82, 2.24) is 4.90 Å². The number of halogens is 3. The van der Waals surface area contributed by atoms with Gasteiger partial charge in [-0.15, -0.1) is 12.1 Å². The SMILES string of the molecule is C=C(CN(C)C(C)Cc1ccccc1OC)[B-](F)(F)F. The normalized spacial score (nSPS) is 13.3. The Morgan fingerprint density at radius 3 is 2.50 bits per heavy atom. The van der Waals surface area contributed by atoms with Crippen LogP contribution >= 0.6 is 0 Å². The van der Waals surface area contributed by atoms with Gasteiger partial charge in [0.25, 0.3) is 0 Å². The molecule has 0 heterocycles. The Morgan fingerprint density at radius 1 is 1.35 bits per heavy atom. The number of para-hydroxylation sites is 1. The van der Waals surface area contributed by atoms with E-state index in [1.54, 1.807) is 19.1 Å². The number of methoxy groups -OCH3 is 1. The average molecular weight is 286 g/mol. The smallest absolute Gasteiger partial charge is 0.496 e. The van der Waals surface area contributed by atoms with E-state index in [9.17, 15) is 12.9 Å². The van der Waals surface area contributed by atoms with E-state index < -0.39 is 12.4 Å². The van der Waals surface area contributed by atoms with Crippen LogP contribution in [0.1, 0.15) is 12.5 Å². The van der Waals surface area contributed by atoms with Crippen LogP contribution in [0.2, 0.25) is 0 Å². The summed E-state index contributed by atoms with van der Waals surface area (Å²) in [5, 5.41) is 0. The van der Waals surface area contributed by atoms with Gasteiger partial charge in [0.2, 0.25) is 0 Å². The summed E-state index contributed by atoms with van der Waals surface area (Å²) in [5.74, 6) is 0.756. The fraction of sp³-hybridized carbons (Fsp3) is 0.429. The summed E-state index contributed by atoms with van der Waals surface area (Å²) in [6, 6.07) is 7.49. The quantitative estimate of drug-likeness (QED) is 0.711. The molecule has 1 atom stereocenters. The number of ether oxygens (including phenoxy) is 1. The van der Waals surface area contributed by atoms with Gasteiger partial charge in [0.1, 0.15) is 5.75 Å². The summed E-state index contributed by atoms with van der Waals surface area (Å²) in [4.78, 5) is 1.66. The largest absolute Gasteiger partial charge is 0.506 e. The van der Waals surface area contributed by atoms with Gasteiger partial charge in [-0.3, -0.25) is 0 Å². The molecule has 0 N–H and O–H groups in total. The third kappa shape index (κ3) is 4.60. The first kappa shape index (κ1) is 16.6. The molecular formula is C14H20BF3NO-. The molecule has 20 heavy (non-hydrogen) atoms. The Bertz CT molecular complexity index is 462. The van der Waals surface area contributed by atoms with Crippen LogP contribution in [0.4, 0.5) is 12.9 Å². The lowest BCUT2D eigenvalue weighted by atomic mass is 9.80. The van der Waals surface area contributed by atoms with Crippen LogP contribution in [0.3, 0.4) is 0 Å². The molecule has 1 unspecified atom stereocenters. The lowest BCUT2D eigenvalue weighted by molar-refractivity contribution is 0.273. The maximum atomic E-state index is 12.5. The Hall–Kier alpha value is -1.43. The summed E-state index contributed by atoms with van der Waals surface area (Å²) in [7, 11) is 3.26. The second-order valence-electron chi connectivity index (χ2n) is 5.01. The zero-order valence-corrected chi connectivity index (χ0v) is 12.1. The van der Waals surface area contributed by atoms with E-state index in [1.807, 2.05) is 31.2 Å². The van der Waals surface area contributed by atoms with Gasteiger partial charge in [0.15, 0.2) is 0 Å². The molecule has 0 aliphatic rings. The Morgan fingerprint density at radius 2 is 1.95 bits per heavy atom. The molecule has 0 amide bonds. The third-order valence-corrected chi connectivity index (χ3v) is 3.38. The van der Waals surface area contributed by atoms with E-state index in [1.165, 1.54) is 0 Å². The van der Waals surface area contributed by atoms with Gasteiger partial charge in [-0.2, -0.15) is 0 Å². The first-order chi connectivity index (χ1) is 9.25. The predicted molar refractivity (Wildman–Crippen MR) is 77.0 cm³/mol. The number of hydrogen-bond acceptors (Lipinski definition) is 2. The van der Waals surface area contributed by atoms with E-state index in [4.69, 9.17) is 4.74 Å². The molecule has 2 nitrogen and oxygen atoms in total. The van der Waals surface area contributed by atoms with Gasteiger partial charge >= 0.3 is 6.98 Å². The van der Waals surface area contributed by atoms with Gasteiger partial charge in [0, 0.05) is 6.04 Å². The molecule has 0 fully saturated rings. The van der Waals surface area contributed by atoms with Gasteiger partial charge in [-0.1, -0.05) is 18.2 Å². The number of rotatable bonds is 7. The summed E-state index contributed by atoms with van der Waals surface area (Å²) < 4.78 is 42.9. The van der Waals surface area contributed by atoms with Crippen molar-refractivity contribution in [2.45, 2.75) is 19.4 Å². The van der Waals surface area contributed by atoms with Crippen molar-refractivity contribution < 1.29 is 17.7 Å². The molecule has 1 aromatic rings. The number of likely N-dealkylation sites (N-methyl/N-ethyl adjacent to an activating group) is 1. The van der Waals surface area contributed by atoms with E-state index in [0.29, 0.717) is 6.42 Å². The van der Waals surface area contributed by atoms with Crippen molar-refractivity contribution in [1.29, 1.82) is 0 Å². The van der Waals surface area contributed by atoms with Gasteiger partial charge in [0.05, 0.1) is 7.11 Å². The topological polar surface area (TPSA) is 12.5 Å². The number of hydrogen-bond donors (Lipinski definition) is 0. The minimum atomic E-state index is -4.97. The van der Waals surface area contributed by atoms with E-state index in [0.717, 1.165) is 11.3 Å². The van der Waals surface area contributed by atoms with Crippen molar-refractivity contribution in [2.24, 2.45) is 0 Å². The molecule has 1 rings (SSSR count). The first-order valence-corrected chi connectivity index (χ1v) is 6.45. The fourth-order valence-corrected chi connectivity index (χ4v) is 1.93. The monoisotopic (exact) mass is 286 g/mol. The third-order valence-electron chi connectivity index (χ3n) is 3.38. The molecule has 0 aliphatic carbocycles. The number of nitrogens with zero attached hydrogens (tertiary/aromatic N) is 1. The molecule has 0 saturated heterocycles. The van der Waals surface area contributed by atoms with E-state index in [-0.39, 0.29) is 12.6 Å². The first-order valence-electron chi connectivity index (χ1n) is 6.45. The molecule has 0 aliphatic heterocycles. The Labute approximate surface area is 118 Å². The maximum Gasteiger partial charge on any atom is 0.506 e. The summed E-state index contributed by atoms with van der Waals surface area (Å²) in [5.41, 5.74) is 0.317. The zero-order valence-electron chi connectivity index (χ0n) is 12.1. The molecule has 1 aromatic carbocycles. The fourth-order valence-electron chi connectivity index (χ4n) is 1.93. The highest BCUT2D eigenvalue weighted by atomic mass is 19.4. The summed E-state index contributed by atoms with van der Waals surface area (Å²) >= 11 is 0. The summed E-state index contributed by atoms with van der Waals surface area (Å²) in [6.07, 6.45) is 0.624. The lowest BCUT2D eigenvalue weighted by Crippen LogP contribution is -2.36. The standard InChI is InChI=1S/C14H20BF3NO/c1-11(15(16,17)18)10-19(3)12(2)9-13-7-5-6-8-14(13)20-4/h5-8,12H,1,9-10H2,2-4H3/q-1. The van der Waals surface area contributed by atoms with Crippen LogP contribution in [-0.2, 0) is 6.42 Å². The van der Waals surface area contributed by atoms with Crippen LogP contribution in [0.15, 0.2) is 36.3 Å². The van der Waals surface area contributed by atoms with Gasteiger partial charge < -0.3 is 22.6 Å². The van der Waals surface area contributed by atoms with Crippen molar-refractivity contribution in [2.75, 3.05) is 20.7 Å². The predicted octanol–water partition coefficient (Wildman–Crippen LogP) is 3.50. The van der Waals surface area contributed by atoms with Gasteiger partial charge in [-0.25, -0.2) is 0 Å². The van der Waals surface area contributed by atoms with Crippen LogP contribution < -0.4 is 4.74 Å². The van der Waals surface area contributed by atoms with E-state index in [2.05, 4.69) is 6.58 Å².